The quantitative estimate of drug-likeness (QED) is 0.739. The summed E-state index contributed by atoms with van der Waals surface area (Å²) >= 11 is 0. The summed E-state index contributed by atoms with van der Waals surface area (Å²) in [5.74, 6) is 0.696. The van der Waals surface area contributed by atoms with E-state index in [0.29, 0.717) is 11.4 Å². The first-order valence-corrected chi connectivity index (χ1v) is 5.48. The van der Waals surface area contributed by atoms with E-state index in [9.17, 15) is 4.79 Å². The Bertz CT molecular complexity index is 525. The lowest BCUT2D eigenvalue weighted by molar-refractivity contribution is 0.0989. The van der Waals surface area contributed by atoms with E-state index in [-0.39, 0.29) is 18.2 Å². The molecule has 0 aliphatic carbocycles. The molecule has 0 aliphatic heterocycles. The predicted molar refractivity (Wildman–Crippen MR) is 61.6 cm³/mol. The Morgan fingerprint density at radius 2 is 2.18 bits per heavy atom. The molecule has 0 unspecified atom stereocenters. The largest absolute Gasteiger partial charge is 0.294 e. The maximum Gasteiger partial charge on any atom is 0.173 e. The van der Waals surface area contributed by atoms with E-state index < -0.39 is 0 Å². The van der Waals surface area contributed by atoms with E-state index in [2.05, 4.69) is 15.2 Å². The van der Waals surface area contributed by atoms with Crippen LogP contribution in [0.15, 0.2) is 18.7 Å². The summed E-state index contributed by atoms with van der Waals surface area (Å²) in [4.78, 5) is 16.1. The van der Waals surface area contributed by atoms with Crippen LogP contribution in [0.1, 0.15) is 36.1 Å². The van der Waals surface area contributed by atoms with Crippen LogP contribution >= 0.6 is 0 Å². The minimum absolute atomic E-state index is 0.00741. The van der Waals surface area contributed by atoms with Gasteiger partial charge >= 0.3 is 0 Å². The van der Waals surface area contributed by atoms with Crippen LogP contribution in [0.5, 0.6) is 0 Å². The number of nitrogens with zero attached hydrogens (tertiary/aromatic N) is 5. The van der Waals surface area contributed by atoms with Gasteiger partial charge in [-0.1, -0.05) is 0 Å². The molecule has 2 heterocycles. The molecule has 0 fully saturated rings. The number of carbonyl (C=O) groups is 1. The highest BCUT2D eigenvalue weighted by Gasteiger charge is 2.14. The van der Waals surface area contributed by atoms with Crippen molar-refractivity contribution in [2.75, 3.05) is 0 Å². The van der Waals surface area contributed by atoms with Crippen LogP contribution in [-0.4, -0.2) is 30.3 Å². The Kier molecular flexibility index (Phi) is 3.03. The summed E-state index contributed by atoms with van der Waals surface area (Å²) < 4.78 is 3.37. The van der Waals surface area contributed by atoms with Gasteiger partial charge < -0.3 is 0 Å². The van der Waals surface area contributed by atoms with Gasteiger partial charge in [-0.3, -0.25) is 9.48 Å². The van der Waals surface area contributed by atoms with Crippen LogP contribution < -0.4 is 0 Å². The number of hydrogen-bond donors (Lipinski definition) is 0. The van der Waals surface area contributed by atoms with Gasteiger partial charge in [-0.15, -0.1) is 0 Å². The molecule has 0 aliphatic rings. The lowest BCUT2D eigenvalue weighted by atomic mass is 10.1. The molecule has 0 aromatic carbocycles. The van der Waals surface area contributed by atoms with E-state index in [1.54, 1.807) is 28.8 Å². The summed E-state index contributed by atoms with van der Waals surface area (Å²) in [7, 11) is 1.79. The van der Waals surface area contributed by atoms with E-state index in [0.717, 1.165) is 0 Å². The summed E-state index contributed by atoms with van der Waals surface area (Å²) in [5.41, 5.74) is 0.603. The number of Topliss-reactive ketones (excluding diaryl/α,β-unsaturated/α-hetero) is 1. The van der Waals surface area contributed by atoms with Crippen molar-refractivity contribution in [3.8, 4) is 0 Å². The molecule has 0 atom stereocenters. The van der Waals surface area contributed by atoms with Crippen molar-refractivity contribution in [1.82, 2.24) is 24.5 Å². The summed E-state index contributed by atoms with van der Waals surface area (Å²) in [6.45, 7) is 4.01. The fourth-order valence-electron chi connectivity index (χ4n) is 1.64. The van der Waals surface area contributed by atoms with Crippen molar-refractivity contribution in [2.24, 2.45) is 7.05 Å². The van der Waals surface area contributed by atoms with Gasteiger partial charge in [-0.25, -0.2) is 9.67 Å². The third-order valence-corrected chi connectivity index (χ3v) is 2.48. The Hall–Kier alpha value is -1.98. The summed E-state index contributed by atoms with van der Waals surface area (Å²) in [5, 5.41) is 8.08. The maximum absolute atomic E-state index is 12.0. The predicted octanol–water partition coefficient (Wildman–Crippen LogP) is 1.02. The second-order valence-electron chi connectivity index (χ2n) is 4.22. The second-order valence-corrected chi connectivity index (χ2v) is 4.22. The van der Waals surface area contributed by atoms with Gasteiger partial charge in [-0.05, 0) is 13.8 Å². The Morgan fingerprint density at radius 1 is 1.41 bits per heavy atom. The molecule has 0 N–H and O–H groups in total. The molecule has 90 valence electrons. The molecule has 0 saturated carbocycles. The number of carbonyl (C=O) groups excluding carboxylic acids is 1. The average molecular weight is 233 g/mol. The van der Waals surface area contributed by atoms with Crippen molar-refractivity contribution < 1.29 is 4.79 Å². The zero-order chi connectivity index (χ0) is 12.4. The molecule has 6 nitrogen and oxygen atoms in total. The fraction of sp³-hybridized carbons (Fsp3) is 0.455. The molecule has 6 heteroatoms. The van der Waals surface area contributed by atoms with Gasteiger partial charge in [0, 0.05) is 19.3 Å². The van der Waals surface area contributed by atoms with Gasteiger partial charge in [-0.2, -0.15) is 10.2 Å². The van der Waals surface area contributed by atoms with Crippen LogP contribution in [0, 0.1) is 0 Å². The molecule has 2 aromatic heterocycles. The minimum atomic E-state index is 0.00741. The molecule has 0 spiro atoms. The number of aryl methyl sites for hydroxylation is 1. The number of hydrogen-bond acceptors (Lipinski definition) is 4. The van der Waals surface area contributed by atoms with Crippen molar-refractivity contribution in [3.63, 3.8) is 0 Å². The third-order valence-electron chi connectivity index (χ3n) is 2.48. The highest BCUT2D eigenvalue weighted by molar-refractivity contribution is 5.96. The first-order chi connectivity index (χ1) is 8.08. The van der Waals surface area contributed by atoms with E-state index in [1.165, 1.54) is 6.33 Å². The Balaban J connectivity index is 2.16. The maximum atomic E-state index is 12.0. The highest BCUT2D eigenvalue weighted by Crippen LogP contribution is 2.09. The smallest absolute Gasteiger partial charge is 0.173 e. The van der Waals surface area contributed by atoms with Crippen molar-refractivity contribution >= 4 is 5.78 Å². The van der Waals surface area contributed by atoms with Crippen molar-refractivity contribution in [3.05, 3.63) is 30.1 Å². The summed E-state index contributed by atoms with van der Waals surface area (Å²) in [6.07, 6.45) is 5.01. The summed E-state index contributed by atoms with van der Waals surface area (Å²) in [6, 6.07) is 0.203. The van der Waals surface area contributed by atoms with Crippen LogP contribution in [0.4, 0.5) is 0 Å². The first kappa shape index (κ1) is 11.5. The zero-order valence-electron chi connectivity index (χ0n) is 10.2. The van der Waals surface area contributed by atoms with Gasteiger partial charge in [0.2, 0.25) is 0 Å². The number of ketones is 1. The topological polar surface area (TPSA) is 65.6 Å². The van der Waals surface area contributed by atoms with Gasteiger partial charge in [0.05, 0.1) is 18.2 Å². The van der Waals surface area contributed by atoms with Crippen molar-refractivity contribution in [2.45, 2.75) is 26.3 Å². The standard InChI is InChI=1S/C11H15N5O/c1-8(2)16-11(12-7-14-16)4-10(17)9-5-13-15(3)6-9/h5-8H,4H2,1-3H3. The number of rotatable bonds is 4. The fourth-order valence-corrected chi connectivity index (χ4v) is 1.64. The third kappa shape index (κ3) is 2.41. The van der Waals surface area contributed by atoms with Gasteiger partial charge in [0.15, 0.2) is 5.78 Å². The van der Waals surface area contributed by atoms with Gasteiger partial charge in [0.1, 0.15) is 12.2 Å². The average Bonchev–Trinajstić information content (AvgIpc) is 2.86. The Labute approximate surface area is 99.3 Å². The molecule has 17 heavy (non-hydrogen) atoms. The monoisotopic (exact) mass is 233 g/mol. The lowest BCUT2D eigenvalue weighted by Crippen LogP contribution is -2.12. The normalized spacial score (nSPS) is 11.1. The molecular formula is C11H15N5O. The van der Waals surface area contributed by atoms with Gasteiger partial charge in [0.25, 0.3) is 0 Å². The molecule has 0 radical (unpaired) electrons. The Morgan fingerprint density at radius 3 is 2.76 bits per heavy atom. The molecule has 0 amide bonds. The molecule has 2 rings (SSSR count). The van der Waals surface area contributed by atoms with E-state index >= 15 is 0 Å². The molecular weight excluding hydrogens is 218 g/mol. The van der Waals surface area contributed by atoms with E-state index in [1.807, 2.05) is 13.8 Å². The van der Waals surface area contributed by atoms with Crippen molar-refractivity contribution in [1.29, 1.82) is 0 Å². The molecule has 2 aromatic rings. The minimum Gasteiger partial charge on any atom is -0.294 e. The second kappa shape index (κ2) is 4.48. The van der Waals surface area contributed by atoms with Crippen LogP contribution in [0.2, 0.25) is 0 Å². The highest BCUT2D eigenvalue weighted by atomic mass is 16.1. The van der Waals surface area contributed by atoms with Crippen LogP contribution in [-0.2, 0) is 13.5 Å². The van der Waals surface area contributed by atoms with Crippen LogP contribution in [0.25, 0.3) is 0 Å². The number of aromatic nitrogens is 5. The molecule has 0 saturated heterocycles. The first-order valence-electron chi connectivity index (χ1n) is 5.48. The lowest BCUT2D eigenvalue weighted by Gasteiger charge is -2.07. The molecule has 0 bridgehead atoms. The zero-order valence-corrected chi connectivity index (χ0v) is 10.2. The SMILES string of the molecule is CC(C)n1ncnc1CC(=O)c1cnn(C)c1. The van der Waals surface area contributed by atoms with E-state index in [4.69, 9.17) is 0 Å². The van der Waals surface area contributed by atoms with Crippen LogP contribution in [0.3, 0.4) is 0 Å².